The van der Waals surface area contributed by atoms with E-state index < -0.39 is 0 Å². The molecule has 0 aromatic carbocycles. The van der Waals surface area contributed by atoms with Crippen molar-refractivity contribution in [3.05, 3.63) is 17.3 Å². The zero-order chi connectivity index (χ0) is 13.9. The number of nitrogens with zero attached hydrogens (tertiary/aromatic N) is 3. The van der Waals surface area contributed by atoms with Gasteiger partial charge in [-0.1, -0.05) is 13.3 Å². The standard InChI is InChI=1S/C15H22N4S/c1-3-4-8-19(11-5-6-11)10-13-17-14(16-2)12-7-9-20-15(12)18-13/h7,9,11H,3-6,8,10H2,1-2H3,(H,16,17,18). The number of hydrogen-bond donors (Lipinski definition) is 1. The highest BCUT2D eigenvalue weighted by atomic mass is 32.1. The molecule has 1 aliphatic carbocycles. The van der Waals surface area contributed by atoms with Gasteiger partial charge in [0.2, 0.25) is 0 Å². The van der Waals surface area contributed by atoms with Crippen LogP contribution in [0.25, 0.3) is 10.2 Å². The highest BCUT2D eigenvalue weighted by Crippen LogP contribution is 2.29. The van der Waals surface area contributed by atoms with Crippen LogP contribution in [0.4, 0.5) is 5.82 Å². The summed E-state index contributed by atoms with van der Waals surface area (Å²) in [6, 6.07) is 2.85. The Morgan fingerprint density at radius 2 is 2.25 bits per heavy atom. The van der Waals surface area contributed by atoms with E-state index in [1.165, 1.54) is 32.2 Å². The molecule has 0 spiro atoms. The normalized spacial score (nSPS) is 15.2. The number of rotatable bonds is 7. The van der Waals surface area contributed by atoms with Gasteiger partial charge in [-0.3, -0.25) is 4.90 Å². The minimum absolute atomic E-state index is 0.766. The number of aromatic nitrogens is 2. The maximum Gasteiger partial charge on any atom is 0.146 e. The Hall–Kier alpha value is -1.20. The van der Waals surface area contributed by atoms with Gasteiger partial charge in [-0.15, -0.1) is 11.3 Å². The monoisotopic (exact) mass is 290 g/mol. The Kier molecular flexibility index (Phi) is 4.17. The Balaban J connectivity index is 1.81. The topological polar surface area (TPSA) is 41.1 Å². The maximum atomic E-state index is 4.73. The summed E-state index contributed by atoms with van der Waals surface area (Å²) >= 11 is 1.69. The van der Waals surface area contributed by atoms with Crippen molar-refractivity contribution in [2.45, 2.75) is 45.2 Å². The largest absolute Gasteiger partial charge is 0.372 e. The summed E-state index contributed by atoms with van der Waals surface area (Å²) < 4.78 is 0. The summed E-state index contributed by atoms with van der Waals surface area (Å²) in [4.78, 5) is 13.1. The molecule has 1 N–H and O–H groups in total. The summed E-state index contributed by atoms with van der Waals surface area (Å²) in [5, 5.41) is 6.41. The van der Waals surface area contributed by atoms with Gasteiger partial charge in [0.15, 0.2) is 0 Å². The molecule has 1 aliphatic rings. The Bertz CT molecular complexity index is 576. The van der Waals surface area contributed by atoms with Gasteiger partial charge in [0.1, 0.15) is 16.5 Å². The summed E-state index contributed by atoms with van der Waals surface area (Å²) in [7, 11) is 1.93. The fourth-order valence-electron chi connectivity index (χ4n) is 2.53. The van der Waals surface area contributed by atoms with E-state index in [2.05, 4.69) is 28.6 Å². The zero-order valence-electron chi connectivity index (χ0n) is 12.2. The lowest BCUT2D eigenvalue weighted by Crippen LogP contribution is -2.27. The average molecular weight is 290 g/mol. The molecule has 2 aromatic heterocycles. The first-order valence-electron chi connectivity index (χ1n) is 7.47. The van der Waals surface area contributed by atoms with Crippen molar-refractivity contribution in [3.8, 4) is 0 Å². The second-order valence-corrected chi connectivity index (χ2v) is 6.33. The van der Waals surface area contributed by atoms with Crippen LogP contribution in [0.1, 0.15) is 38.4 Å². The number of anilines is 1. The molecule has 0 atom stereocenters. The molecule has 5 heteroatoms. The molecule has 0 aliphatic heterocycles. The first-order valence-corrected chi connectivity index (χ1v) is 8.35. The molecule has 20 heavy (non-hydrogen) atoms. The number of nitrogens with one attached hydrogen (secondary N) is 1. The third kappa shape index (κ3) is 2.94. The quantitative estimate of drug-likeness (QED) is 0.847. The average Bonchev–Trinajstić information content (AvgIpc) is 3.20. The number of thiophene rings is 1. The van der Waals surface area contributed by atoms with Crippen molar-refractivity contribution >= 4 is 27.4 Å². The lowest BCUT2D eigenvalue weighted by molar-refractivity contribution is 0.245. The van der Waals surface area contributed by atoms with E-state index >= 15 is 0 Å². The first kappa shape index (κ1) is 13.8. The maximum absolute atomic E-state index is 4.73. The molecule has 0 amide bonds. The summed E-state index contributed by atoms with van der Waals surface area (Å²) in [5.74, 6) is 1.91. The lowest BCUT2D eigenvalue weighted by atomic mass is 10.3. The van der Waals surface area contributed by atoms with Gasteiger partial charge in [0.05, 0.1) is 11.9 Å². The number of unbranched alkanes of at least 4 members (excludes halogenated alkanes) is 1. The molecular weight excluding hydrogens is 268 g/mol. The molecule has 0 bridgehead atoms. The summed E-state index contributed by atoms with van der Waals surface area (Å²) in [6.07, 6.45) is 5.18. The SMILES string of the molecule is CCCCN(Cc1nc(NC)c2ccsc2n1)C1CC1. The zero-order valence-corrected chi connectivity index (χ0v) is 13.0. The van der Waals surface area contributed by atoms with Crippen molar-refractivity contribution in [2.24, 2.45) is 0 Å². The summed E-state index contributed by atoms with van der Waals surface area (Å²) in [6.45, 7) is 4.30. The van der Waals surface area contributed by atoms with Crippen LogP contribution in [0.15, 0.2) is 11.4 Å². The van der Waals surface area contributed by atoms with Crippen molar-refractivity contribution in [2.75, 3.05) is 18.9 Å². The van der Waals surface area contributed by atoms with Gasteiger partial charge in [-0.05, 0) is 37.3 Å². The third-order valence-electron chi connectivity index (χ3n) is 3.81. The molecule has 0 saturated heterocycles. The molecule has 0 unspecified atom stereocenters. The van der Waals surface area contributed by atoms with Crippen molar-refractivity contribution in [3.63, 3.8) is 0 Å². The van der Waals surface area contributed by atoms with Gasteiger partial charge in [0.25, 0.3) is 0 Å². The molecule has 4 nitrogen and oxygen atoms in total. The van der Waals surface area contributed by atoms with Crippen LogP contribution in [0.3, 0.4) is 0 Å². The molecule has 2 aromatic rings. The van der Waals surface area contributed by atoms with Crippen LogP contribution in [0.2, 0.25) is 0 Å². The minimum atomic E-state index is 0.766. The van der Waals surface area contributed by atoms with E-state index in [4.69, 9.17) is 9.97 Å². The van der Waals surface area contributed by atoms with Crippen LogP contribution in [-0.2, 0) is 6.54 Å². The molecule has 1 fully saturated rings. The molecule has 1 saturated carbocycles. The minimum Gasteiger partial charge on any atom is -0.372 e. The van der Waals surface area contributed by atoms with Crippen molar-refractivity contribution in [1.82, 2.24) is 14.9 Å². The molecular formula is C15H22N4S. The third-order valence-corrected chi connectivity index (χ3v) is 4.62. The molecule has 108 valence electrons. The van der Waals surface area contributed by atoms with Gasteiger partial charge < -0.3 is 5.32 Å². The second kappa shape index (κ2) is 6.06. The van der Waals surface area contributed by atoms with E-state index in [1.807, 2.05) is 7.05 Å². The predicted molar refractivity (Wildman–Crippen MR) is 85.3 cm³/mol. The van der Waals surface area contributed by atoms with E-state index in [0.29, 0.717) is 0 Å². The Morgan fingerprint density at radius 1 is 1.40 bits per heavy atom. The Morgan fingerprint density at radius 3 is 2.95 bits per heavy atom. The molecule has 2 heterocycles. The van der Waals surface area contributed by atoms with Crippen LogP contribution >= 0.6 is 11.3 Å². The fourth-order valence-corrected chi connectivity index (χ4v) is 3.32. The van der Waals surface area contributed by atoms with Gasteiger partial charge in [-0.2, -0.15) is 0 Å². The second-order valence-electron chi connectivity index (χ2n) is 5.43. The van der Waals surface area contributed by atoms with Crippen LogP contribution in [0, 0.1) is 0 Å². The smallest absolute Gasteiger partial charge is 0.146 e. The van der Waals surface area contributed by atoms with Crippen LogP contribution in [-0.4, -0.2) is 34.5 Å². The number of hydrogen-bond acceptors (Lipinski definition) is 5. The van der Waals surface area contributed by atoms with Crippen LogP contribution in [0.5, 0.6) is 0 Å². The fraction of sp³-hybridized carbons (Fsp3) is 0.600. The van der Waals surface area contributed by atoms with E-state index in [1.54, 1.807) is 11.3 Å². The van der Waals surface area contributed by atoms with Gasteiger partial charge in [-0.25, -0.2) is 9.97 Å². The first-order chi connectivity index (χ1) is 9.81. The number of fused-ring (bicyclic) bond motifs is 1. The molecule has 0 radical (unpaired) electrons. The molecule has 3 rings (SSSR count). The van der Waals surface area contributed by atoms with E-state index in [-0.39, 0.29) is 0 Å². The Labute approximate surface area is 124 Å². The van der Waals surface area contributed by atoms with Crippen LogP contribution < -0.4 is 5.32 Å². The highest BCUT2D eigenvalue weighted by molar-refractivity contribution is 7.16. The van der Waals surface area contributed by atoms with Crippen molar-refractivity contribution in [1.29, 1.82) is 0 Å². The van der Waals surface area contributed by atoms with Gasteiger partial charge in [0, 0.05) is 13.1 Å². The summed E-state index contributed by atoms with van der Waals surface area (Å²) in [5.41, 5.74) is 0. The highest BCUT2D eigenvalue weighted by Gasteiger charge is 2.29. The van der Waals surface area contributed by atoms with E-state index in [9.17, 15) is 0 Å². The van der Waals surface area contributed by atoms with E-state index in [0.717, 1.165) is 34.4 Å². The lowest BCUT2D eigenvalue weighted by Gasteiger charge is -2.21. The van der Waals surface area contributed by atoms with Gasteiger partial charge >= 0.3 is 0 Å². The van der Waals surface area contributed by atoms with Crippen molar-refractivity contribution < 1.29 is 0 Å². The predicted octanol–water partition coefficient (Wildman–Crippen LogP) is 3.50.